The minimum Gasteiger partial charge on any atom is -0.361 e. The largest absolute Gasteiger partial charge is 0.361 e. The van der Waals surface area contributed by atoms with Crippen LogP contribution in [-0.4, -0.2) is 48.8 Å². The maximum absolute atomic E-state index is 12.4. The van der Waals surface area contributed by atoms with E-state index in [4.69, 9.17) is 4.52 Å². The molecule has 0 saturated carbocycles. The first kappa shape index (κ1) is 17.0. The molecule has 1 aromatic heterocycles. The van der Waals surface area contributed by atoms with Crippen molar-refractivity contribution in [1.29, 1.82) is 0 Å². The van der Waals surface area contributed by atoms with Crippen molar-refractivity contribution in [3.05, 3.63) is 17.0 Å². The summed E-state index contributed by atoms with van der Waals surface area (Å²) in [5.74, 6) is 0.605. The molecular formula is C14H23N3O4S. The molecule has 0 spiro atoms. The summed E-state index contributed by atoms with van der Waals surface area (Å²) in [6.07, 6.45) is 0.569. The molecule has 1 aromatic rings. The fourth-order valence-corrected chi connectivity index (χ4v) is 4.34. The zero-order chi connectivity index (χ0) is 16.5. The Labute approximate surface area is 131 Å². The second-order valence-electron chi connectivity index (χ2n) is 5.83. The van der Waals surface area contributed by atoms with Crippen molar-refractivity contribution in [1.82, 2.24) is 14.8 Å². The summed E-state index contributed by atoms with van der Waals surface area (Å²) in [4.78, 5) is 13.3. The number of carbonyl (C=O) groups excluding carboxylic acids is 1. The first-order valence-corrected chi connectivity index (χ1v) is 8.99. The number of sulfonamides is 1. The molecule has 2 heterocycles. The van der Waals surface area contributed by atoms with Gasteiger partial charge in [0.25, 0.3) is 0 Å². The van der Waals surface area contributed by atoms with E-state index in [1.165, 1.54) is 0 Å². The zero-order valence-corrected chi connectivity index (χ0v) is 14.2. The minimum atomic E-state index is -3.53. The van der Waals surface area contributed by atoms with Crippen LogP contribution in [0.5, 0.6) is 0 Å². The molecule has 124 valence electrons. The van der Waals surface area contributed by atoms with Crippen molar-refractivity contribution in [3.8, 4) is 0 Å². The highest BCUT2D eigenvalue weighted by Gasteiger charge is 2.38. The number of amides is 1. The highest BCUT2D eigenvalue weighted by molar-refractivity contribution is 7.90. The van der Waals surface area contributed by atoms with Gasteiger partial charge in [0.05, 0.1) is 5.69 Å². The molecular weight excluding hydrogens is 306 g/mol. The molecule has 22 heavy (non-hydrogen) atoms. The summed E-state index contributed by atoms with van der Waals surface area (Å²) in [6, 6.07) is -0.285. The predicted molar refractivity (Wildman–Crippen MR) is 81.9 cm³/mol. The first-order chi connectivity index (χ1) is 10.2. The topological polar surface area (TPSA) is 92.5 Å². The number of aryl methyl sites for hydroxylation is 2. The van der Waals surface area contributed by atoms with Crippen molar-refractivity contribution >= 4 is 15.9 Å². The van der Waals surface area contributed by atoms with E-state index in [1.54, 1.807) is 11.8 Å². The van der Waals surface area contributed by atoms with E-state index in [2.05, 4.69) is 9.88 Å². The van der Waals surface area contributed by atoms with Crippen molar-refractivity contribution < 1.29 is 17.7 Å². The highest BCUT2D eigenvalue weighted by atomic mass is 32.2. The first-order valence-electron chi connectivity index (χ1n) is 7.45. The van der Waals surface area contributed by atoms with Gasteiger partial charge in [-0.2, -0.15) is 0 Å². The van der Waals surface area contributed by atoms with E-state index in [9.17, 15) is 13.2 Å². The van der Waals surface area contributed by atoms with Crippen LogP contribution in [0.4, 0.5) is 0 Å². The van der Waals surface area contributed by atoms with Crippen molar-refractivity contribution in [2.24, 2.45) is 0 Å². The van der Waals surface area contributed by atoms with Crippen LogP contribution in [0, 0.1) is 13.8 Å². The number of likely N-dealkylation sites (tertiary alicyclic amines) is 1. The number of aromatic nitrogens is 1. The van der Waals surface area contributed by atoms with Gasteiger partial charge < -0.3 is 9.42 Å². The molecule has 1 aliphatic heterocycles. The molecule has 0 bridgehead atoms. The fraction of sp³-hybridized carbons (Fsp3) is 0.714. The van der Waals surface area contributed by atoms with Crippen LogP contribution in [0.1, 0.15) is 37.3 Å². The van der Waals surface area contributed by atoms with Gasteiger partial charge in [0.2, 0.25) is 15.9 Å². The van der Waals surface area contributed by atoms with Gasteiger partial charge in [-0.05, 0) is 34.1 Å². The summed E-state index contributed by atoms with van der Waals surface area (Å²) in [6.45, 7) is 8.10. The Morgan fingerprint density at radius 2 is 2.14 bits per heavy atom. The van der Waals surface area contributed by atoms with Gasteiger partial charge in [-0.15, -0.1) is 0 Å². The summed E-state index contributed by atoms with van der Waals surface area (Å²) in [5.41, 5.74) is 1.70. The molecule has 1 aliphatic rings. The predicted octanol–water partition coefficient (Wildman–Crippen LogP) is 0.763. The third kappa shape index (κ3) is 3.49. The van der Waals surface area contributed by atoms with E-state index in [0.29, 0.717) is 18.7 Å². The quantitative estimate of drug-likeness (QED) is 0.832. The Bertz CT molecular complexity index is 634. The van der Waals surface area contributed by atoms with E-state index >= 15 is 0 Å². The lowest BCUT2D eigenvalue weighted by atomic mass is 10.1. The number of carbonyl (C=O) groups is 1. The molecule has 0 aliphatic carbocycles. The standard InChI is InChI=1S/C14H23N3O4S/c1-5-17-8-12(7-14(17)18)22(19,20)16-9(2)6-13-10(3)15-21-11(13)4/h9,12,16H,5-8H2,1-4H3/t9-,12+/m0/s1. The fourth-order valence-electron chi connectivity index (χ4n) is 2.77. The van der Waals surface area contributed by atoms with Gasteiger partial charge in [-0.1, -0.05) is 5.16 Å². The van der Waals surface area contributed by atoms with Crippen LogP contribution in [0.25, 0.3) is 0 Å². The van der Waals surface area contributed by atoms with Crippen molar-refractivity contribution in [3.63, 3.8) is 0 Å². The lowest BCUT2D eigenvalue weighted by Gasteiger charge is -2.18. The highest BCUT2D eigenvalue weighted by Crippen LogP contribution is 2.19. The van der Waals surface area contributed by atoms with Gasteiger partial charge >= 0.3 is 0 Å². The molecule has 0 aromatic carbocycles. The maximum Gasteiger partial charge on any atom is 0.224 e. The molecule has 2 rings (SSSR count). The van der Waals surface area contributed by atoms with Gasteiger partial charge in [0, 0.05) is 31.1 Å². The average Bonchev–Trinajstić information content (AvgIpc) is 2.96. The molecule has 1 amide bonds. The zero-order valence-electron chi connectivity index (χ0n) is 13.4. The van der Waals surface area contributed by atoms with E-state index in [0.717, 1.165) is 11.3 Å². The number of nitrogens with one attached hydrogen (secondary N) is 1. The lowest BCUT2D eigenvalue weighted by molar-refractivity contribution is -0.127. The van der Waals surface area contributed by atoms with Gasteiger partial charge in [-0.3, -0.25) is 4.79 Å². The molecule has 7 nitrogen and oxygen atoms in total. The van der Waals surface area contributed by atoms with E-state index < -0.39 is 15.3 Å². The number of nitrogens with zero attached hydrogens (tertiary/aromatic N) is 2. The molecule has 0 unspecified atom stereocenters. The molecule has 1 N–H and O–H groups in total. The molecule has 1 fully saturated rings. The maximum atomic E-state index is 12.4. The van der Waals surface area contributed by atoms with Crippen LogP contribution in [0.3, 0.4) is 0 Å². The number of hydrogen-bond donors (Lipinski definition) is 1. The van der Waals surface area contributed by atoms with Crippen LogP contribution < -0.4 is 4.72 Å². The Morgan fingerprint density at radius 3 is 2.64 bits per heavy atom. The van der Waals surface area contributed by atoms with E-state index in [1.807, 2.05) is 20.8 Å². The van der Waals surface area contributed by atoms with Crippen LogP contribution in [0.2, 0.25) is 0 Å². The molecule has 8 heteroatoms. The number of hydrogen-bond acceptors (Lipinski definition) is 5. The average molecular weight is 329 g/mol. The smallest absolute Gasteiger partial charge is 0.224 e. The molecule has 2 atom stereocenters. The third-order valence-corrected chi connectivity index (χ3v) is 5.98. The monoisotopic (exact) mass is 329 g/mol. The summed E-state index contributed by atoms with van der Waals surface area (Å²) < 4.78 is 32.6. The SMILES string of the molecule is CCN1C[C@H](S(=O)(=O)N[C@@H](C)Cc2c(C)noc2C)CC1=O. The van der Waals surface area contributed by atoms with Gasteiger partial charge in [0.1, 0.15) is 11.0 Å². The molecule has 0 radical (unpaired) electrons. The normalized spacial score (nSPS) is 20.6. The van der Waals surface area contributed by atoms with Gasteiger partial charge in [0.15, 0.2) is 0 Å². The lowest BCUT2D eigenvalue weighted by Crippen LogP contribution is -2.41. The second-order valence-corrected chi connectivity index (χ2v) is 7.82. The summed E-state index contributed by atoms with van der Waals surface area (Å²) in [5, 5.41) is 3.20. The molecule has 1 saturated heterocycles. The van der Waals surface area contributed by atoms with Crippen molar-refractivity contribution in [2.45, 2.75) is 51.8 Å². The minimum absolute atomic E-state index is 0.0568. The Hall–Kier alpha value is -1.41. The summed E-state index contributed by atoms with van der Waals surface area (Å²) in [7, 11) is -3.53. The number of rotatable bonds is 6. The van der Waals surface area contributed by atoms with Crippen LogP contribution in [-0.2, 0) is 21.2 Å². The Kier molecular flexibility index (Phi) is 4.91. The van der Waals surface area contributed by atoms with Crippen LogP contribution in [0.15, 0.2) is 4.52 Å². The van der Waals surface area contributed by atoms with E-state index in [-0.39, 0.29) is 24.9 Å². The Morgan fingerprint density at radius 1 is 1.45 bits per heavy atom. The second kappa shape index (κ2) is 6.37. The third-order valence-electron chi connectivity index (χ3n) is 4.06. The van der Waals surface area contributed by atoms with Crippen LogP contribution >= 0.6 is 0 Å². The van der Waals surface area contributed by atoms with Gasteiger partial charge in [-0.25, -0.2) is 13.1 Å². The Balaban J connectivity index is 2.01. The summed E-state index contributed by atoms with van der Waals surface area (Å²) >= 11 is 0. The van der Waals surface area contributed by atoms with Crippen molar-refractivity contribution in [2.75, 3.05) is 13.1 Å².